The van der Waals surface area contributed by atoms with Gasteiger partial charge in [0.1, 0.15) is 5.82 Å². The maximum Gasteiger partial charge on any atom is 0.147 e. The predicted octanol–water partition coefficient (Wildman–Crippen LogP) is 5.88. The Morgan fingerprint density at radius 2 is 2.00 bits per heavy atom. The van der Waals surface area contributed by atoms with Crippen molar-refractivity contribution >= 4 is 28.6 Å². The summed E-state index contributed by atoms with van der Waals surface area (Å²) in [6, 6.07) is 9.15. The Bertz CT molecular complexity index is 544. The van der Waals surface area contributed by atoms with Crippen LogP contribution in [-0.4, -0.2) is 0 Å². The third-order valence-corrected chi connectivity index (χ3v) is 5.25. The van der Waals surface area contributed by atoms with Gasteiger partial charge in [0.15, 0.2) is 0 Å². The summed E-state index contributed by atoms with van der Waals surface area (Å²) in [6.07, 6.45) is 4.92. The average molecular weight is 310 g/mol. The molecule has 106 valence electrons. The molecule has 20 heavy (non-hydrogen) atoms. The molecule has 1 unspecified atom stereocenters. The summed E-state index contributed by atoms with van der Waals surface area (Å²) < 4.78 is 14.0. The molecule has 0 amide bonds. The van der Waals surface area contributed by atoms with Crippen molar-refractivity contribution in [1.82, 2.24) is 0 Å². The van der Waals surface area contributed by atoms with Crippen molar-refractivity contribution in [2.45, 2.75) is 31.7 Å². The molecule has 1 N–H and O–H groups in total. The van der Waals surface area contributed by atoms with Crippen molar-refractivity contribution < 1.29 is 4.39 Å². The van der Waals surface area contributed by atoms with E-state index < -0.39 is 0 Å². The summed E-state index contributed by atoms with van der Waals surface area (Å²) in [7, 11) is 0. The minimum atomic E-state index is -0.281. The molecule has 1 aliphatic carbocycles. The third kappa shape index (κ3) is 2.84. The molecule has 0 radical (unpaired) electrons. The normalized spacial score (nSPS) is 17.3. The van der Waals surface area contributed by atoms with Crippen LogP contribution in [0.5, 0.6) is 0 Å². The van der Waals surface area contributed by atoms with E-state index in [0.29, 0.717) is 16.6 Å². The fourth-order valence-corrected chi connectivity index (χ4v) is 4.06. The molecule has 1 aromatic carbocycles. The summed E-state index contributed by atoms with van der Waals surface area (Å²) in [6.45, 7) is 0. The highest BCUT2D eigenvalue weighted by Crippen LogP contribution is 2.40. The Balaban J connectivity index is 1.90. The van der Waals surface area contributed by atoms with E-state index in [1.54, 1.807) is 23.5 Å². The zero-order chi connectivity index (χ0) is 13.9. The van der Waals surface area contributed by atoms with Gasteiger partial charge in [-0.25, -0.2) is 4.39 Å². The minimum Gasteiger partial charge on any atom is -0.374 e. The SMILES string of the molecule is Fc1cccc(Cl)c1NC(c1cccs1)C1CCCC1. The smallest absolute Gasteiger partial charge is 0.147 e. The number of hydrogen-bond acceptors (Lipinski definition) is 2. The largest absolute Gasteiger partial charge is 0.374 e. The summed E-state index contributed by atoms with van der Waals surface area (Å²) >= 11 is 7.86. The zero-order valence-corrected chi connectivity index (χ0v) is 12.7. The van der Waals surface area contributed by atoms with Gasteiger partial charge in [-0.05, 0) is 42.3 Å². The molecule has 1 fully saturated rings. The fraction of sp³-hybridized carbons (Fsp3) is 0.375. The van der Waals surface area contributed by atoms with E-state index >= 15 is 0 Å². The highest BCUT2D eigenvalue weighted by Gasteiger charge is 2.28. The number of thiophene rings is 1. The molecule has 3 rings (SSSR count). The van der Waals surface area contributed by atoms with Crippen LogP contribution in [0.1, 0.15) is 36.6 Å². The first kappa shape index (κ1) is 13.9. The van der Waals surface area contributed by atoms with Crippen LogP contribution in [0.15, 0.2) is 35.7 Å². The molecule has 1 aliphatic rings. The Hall–Kier alpha value is -1.06. The van der Waals surface area contributed by atoms with E-state index in [1.165, 1.54) is 36.6 Å². The first-order valence-electron chi connectivity index (χ1n) is 6.99. The quantitative estimate of drug-likeness (QED) is 0.743. The number of halogens is 2. The van der Waals surface area contributed by atoms with Crippen LogP contribution in [0, 0.1) is 11.7 Å². The van der Waals surface area contributed by atoms with Gasteiger partial charge in [0.2, 0.25) is 0 Å². The Labute approximate surface area is 127 Å². The number of rotatable bonds is 4. The van der Waals surface area contributed by atoms with Crippen molar-refractivity contribution in [2.24, 2.45) is 5.92 Å². The molecule has 2 aromatic rings. The minimum absolute atomic E-state index is 0.159. The number of anilines is 1. The number of hydrogen-bond donors (Lipinski definition) is 1. The number of para-hydroxylation sites is 1. The lowest BCUT2D eigenvalue weighted by molar-refractivity contribution is 0.473. The molecule has 4 heteroatoms. The van der Waals surface area contributed by atoms with Gasteiger partial charge in [-0.2, -0.15) is 0 Å². The molecule has 1 aromatic heterocycles. The van der Waals surface area contributed by atoms with Crippen LogP contribution in [-0.2, 0) is 0 Å². The van der Waals surface area contributed by atoms with Crippen LogP contribution in [0.4, 0.5) is 10.1 Å². The fourth-order valence-electron chi connectivity index (χ4n) is 2.97. The van der Waals surface area contributed by atoms with E-state index in [-0.39, 0.29) is 11.9 Å². The van der Waals surface area contributed by atoms with Crippen LogP contribution >= 0.6 is 22.9 Å². The van der Waals surface area contributed by atoms with Crippen LogP contribution in [0.25, 0.3) is 0 Å². The van der Waals surface area contributed by atoms with Gasteiger partial charge >= 0.3 is 0 Å². The number of nitrogens with one attached hydrogen (secondary N) is 1. The molecule has 1 nitrogen and oxygen atoms in total. The lowest BCUT2D eigenvalue weighted by Gasteiger charge is -2.25. The first-order chi connectivity index (χ1) is 9.75. The highest BCUT2D eigenvalue weighted by atomic mass is 35.5. The van der Waals surface area contributed by atoms with Crippen molar-refractivity contribution in [1.29, 1.82) is 0 Å². The van der Waals surface area contributed by atoms with Gasteiger partial charge < -0.3 is 5.32 Å². The molecule has 1 heterocycles. The van der Waals surface area contributed by atoms with Crippen molar-refractivity contribution in [3.63, 3.8) is 0 Å². The third-order valence-electron chi connectivity index (χ3n) is 3.98. The lowest BCUT2D eigenvalue weighted by atomic mass is 9.96. The summed E-state index contributed by atoms with van der Waals surface area (Å²) in [4.78, 5) is 1.26. The monoisotopic (exact) mass is 309 g/mol. The van der Waals surface area contributed by atoms with Crippen molar-refractivity contribution in [2.75, 3.05) is 5.32 Å². The molecule has 0 bridgehead atoms. The van der Waals surface area contributed by atoms with Gasteiger partial charge in [-0.3, -0.25) is 0 Å². The highest BCUT2D eigenvalue weighted by molar-refractivity contribution is 7.10. The van der Waals surface area contributed by atoms with E-state index in [2.05, 4.69) is 16.8 Å². The van der Waals surface area contributed by atoms with Crippen molar-refractivity contribution in [3.8, 4) is 0 Å². The van der Waals surface area contributed by atoms with Gasteiger partial charge in [0, 0.05) is 4.88 Å². The molecule has 0 saturated heterocycles. The van der Waals surface area contributed by atoms with Gasteiger partial charge in [-0.15, -0.1) is 11.3 Å². The predicted molar refractivity (Wildman–Crippen MR) is 84.1 cm³/mol. The standard InChI is InChI=1S/C16H17ClFNS/c17-12-7-3-8-13(18)16(12)19-15(11-5-1-2-6-11)14-9-4-10-20-14/h3-4,7-11,15,19H,1-2,5-6H2. The lowest BCUT2D eigenvalue weighted by Crippen LogP contribution is -2.18. The molecular weight excluding hydrogens is 293 g/mol. The first-order valence-corrected chi connectivity index (χ1v) is 8.25. The molecular formula is C16H17ClFNS. The van der Waals surface area contributed by atoms with Gasteiger partial charge in [0.25, 0.3) is 0 Å². The Morgan fingerprint density at radius 1 is 1.20 bits per heavy atom. The summed E-state index contributed by atoms with van der Waals surface area (Å²) in [5, 5.41) is 5.88. The van der Waals surface area contributed by atoms with E-state index in [0.717, 1.165) is 0 Å². The van der Waals surface area contributed by atoms with E-state index in [9.17, 15) is 4.39 Å². The van der Waals surface area contributed by atoms with Crippen molar-refractivity contribution in [3.05, 3.63) is 51.4 Å². The Morgan fingerprint density at radius 3 is 2.65 bits per heavy atom. The second kappa shape index (κ2) is 6.15. The second-order valence-electron chi connectivity index (χ2n) is 5.28. The topological polar surface area (TPSA) is 12.0 Å². The number of benzene rings is 1. The summed E-state index contributed by atoms with van der Waals surface area (Å²) in [5.41, 5.74) is 0.430. The Kier molecular flexibility index (Phi) is 4.27. The van der Waals surface area contributed by atoms with Crippen LogP contribution in [0.3, 0.4) is 0 Å². The van der Waals surface area contributed by atoms with Crippen LogP contribution in [0.2, 0.25) is 5.02 Å². The molecule has 0 aliphatic heterocycles. The maximum atomic E-state index is 14.0. The molecule has 0 spiro atoms. The van der Waals surface area contributed by atoms with Crippen LogP contribution < -0.4 is 5.32 Å². The second-order valence-corrected chi connectivity index (χ2v) is 6.67. The van der Waals surface area contributed by atoms with Gasteiger partial charge in [-0.1, -0.05) is 36.6 Å². The maximum absolute atomic E-state index is 14.0. The molecule has 1 atom stereocenters. The van der Waals surface area contributed by atoms with E-state index in [4.69, 9.17) is 11.6 Å². The van der Waals surface area contributed by atoms with Gasteiger partial charge in [0.05, 0.1) is 16.8 Å². The molecule has 1 saturated carbocycles. The van der Waals surface area contributed by atoms with E-state index in [1.807, 2.05) is 6.07 Å². The zero-order valence-electron chi connectivity index (χ0n) is 11.1. The average Bonchev–Trinajstić information content (AvgIpc) is 3.12. The summed E-state index contributed by atoms with van der Waals surface area (Å²) in [5.74, 6) is 0.279.